The second-order valence-corrected chi connectivity index (χ2v) is 6.84. The minimum Gasteiger partial charge on any atom is -0.314 e. The summed E-state index contributed by atoms with van der Waals surface area (Å²) in [5, 5.41) is 3.23. The molecule has 2 nitrogen and oxygen atoms in total. The first-order valence-electron chi connectivity index (χ1n) is 6.83. The summed E-state index contributed by atoms with van der Waals surface area (Å²) in [4.78, 5) is 2.14. The molecule has 1 heterocycles. The molecule has 0 aromatic heterocycles. The van der Waals surface area contributed by atoms with Gasteiger partial charge in [0.05, 0.1) is 0 Å². The molecule has 1 N–H and O–H groups in total. The van der Waals surface area contributed by atoms with Gasteiger partial charge in [0, 0.05) is 47.6 Å². The van der Waals surface area contributed by atoms with Crippen molar-refractivity contribution in [3.8, 4) is 0 Å². The standard InChI is InChI=1S/C14H17Br2F3N2.2ClH/c15-11-2-1-10(9-12(11)16)13(3-4-14(17,18)19)21-7-5-20-6-8-21;;/h1-2,9,13,20H,3-8H2;2*1H/t13-;;/m0../s1. The van der Waals surface area contributed by atoms with Crippen LogP contribution >= 0.6 is 56.7 Å². The first kappa shape index (κ1) is 23.5. The van der Waals surface area contributed by atoms with E-state index in [-0.39, 0.29) is 37.3 Å². The molecule has 0 radical (unpaired) electrons. The Labute approximate surface area is 163 Å². The van der Waals surface area contributed by atoms with Crippen molar-refractivity contribution < 1.29 is 13.2 Å². The quantitative estimate of drug-likeness (QED) is 0.597. The third-order valence-corrected chi connectivity index (χ3v) is 5.50. The van der Waals surface area contributed by atoms with Gasteiger partial charge in [0.15, 0.2) is 0 Å². The fourth-order valence-electron chi connectivity index (χ4n) is 2.57. The van der Waals surface area contributed by atoms with Gasteiger partial charge in [-0.1, -0.05) is 6.07 Å². The molecule has 9 heteroatoms. The highest BCUT2D eigenvalue weighted by molar-refractivity contribution is 9.13. The number of nitrogens with one attached hydrogen (secondary N) is 1. The van der Waals surface area contributed by atoms with Gasteiger partial charge < -0.3 is 5.32 Å². The number of rotatable bonds is 4. The van der Waals surface area contributed by atoms with Gasteiger partial charge in [-0.2, -0.15) is 13.2 Å². The second-order valence-electron chi connectivity index (χ2n) is 5.13. The molecule has 1 fully saturated rings. The van der Waals surface area contributed by atoms with E-state index in [0.29, 0.717) is 0 Å². The Hall–Kier alpha value is 0.470. The number of nitrogens with zero attached hydrogens (tertiary/aromatic N) is 1. The van der Waals surface area contributed by atoms with Gasteiger partial charge in [-0.3, -0.25) is 4.90 Å². The fourth-order valence-corrected chi connectivity index (χ4v) is 3.22. The highest BCUT2D eigenvalue weighted by atomic mass is 79.9. The molecule has 0 bridgehead atoms. The van der Waals surface area contributed by atoms with Gasteiger partial charge in [0.25, 0.3) is 0 Å². The minimum absolute atomic E-state index is 0. The van der Waals surface area contributed by atoms with Crippen LogP contribution in [-0.2, 0) is 0 Å². The molecular formula is C14H19Br2Cl2F3N2. The predicted octanol–water partition coefficient (Wildman–Crippen LogP) is 5.34. The maximum absolute atomic E-state index is 12.6. The molecule has 0 saturated carbocycles. The Morgan fingerprint density at radius 2 is 1.70 bits per heavy atom. The normalized spacial score (nSPS) is 17.1. The molecule has 1 aliphatic heterocycles. The summed E-state index contributed by atoms with van der Waals surface area (Å²) in [5.41, 5.74) is 0.927. The maximum atomic E-state index is 12.6. The monoisotopic (exact) mass is 500 g/mol. The van der Waals surface area contributed by atoms with E-state index < -0.39 is 12.6 Å². The van der Waals surface area contributed by atoms with Crippen LogP contribution in [0.25, 0.3) is 0 Å². The zero-order valence-electron chi connectivity index (χ0n) is 12.2. The third-order valence-electron chi connectivity index (χ3n) is 3.62. The largest absolute Gasteiger partial charge is 0.389 e. The molecule has 1 aliphatic rings. The van der Waals surface area contributed by atoms with Crippen LogP contribution in [0.3, 0.4) is 0 Å². The molecule has 134 valence electrons. The lowest BCUT2D eigenvalue weighted by molar-refractivity contribution is -0.138. The van der Waals surface area contributed by atoms with Crippen molar-refractivity contribution in [3.63, 3.8) is 0 Å². The van der Waals surface area contributed by atoms with Crippen molar-refractivity contribution in [1.29, 1.82) is 0 Å². The van der Waals surface area contributed by atoms with E-state index in [2.05, 4.69) is 42.1 Å². The van der Waals surface area contributed by atoms with Crippen molar-refractivity contribution in [2.24, 2.45) is 0 Å². The lowest BCUT2D eigenvalue weighted by atomic mass is 9.99. The summed E-state index contributed by atoms with van der Waals surface area (Å²) < 4.78 is 39.6. The summed E-state index contributed by atoms with van der Waals surface area (Å²) in [5.74, 6) is 0. The van der Waals surface area contributed by atoms with Gasteiger partial charge in [-0.25, -0.2) is 0 Å². The summed E-state index contributed by atoms with van der Waals surface area (Å²) >= 11 is 6.82. The first-order chi connectivity index (χ1) is 9.87. The molecule has 0 aliphatic carbocycles. The van der Waals surface area contributed by atoms with E-state index in [1.165, 1.54) is 0 Å². The topological polar surface area (TPSA) is 15.3 Å². The van der Waals surface area contributed by atoms with Crippen LogP contribution in [0.1, 0.15) is 24.4 Å². The number of hydrogen-bond acceptors (Lipinski definition) is 2. The van der Waals surface area contributed by atoms with E-state index in [1.54, 1.807) is 0 Å². The van der Waals surface area contributed by atoms with Crippen molar-refractivity contribution in [3.05, 3.63) is 32.7 Å². The van der Waals surface area contributed by atoms with Gasteiger partial charge in [0.2, 0.25) is 0 Å². The summed E-state index contributed by atoms with van der Waals surface area (Å²) in [6.45, 7) is 3.19. The van der Waals surface area contributed by atoms with Crippen LogP contribution in [0.2, 0.25) is 0 Å². The van der Waals surface area contributed by atoms with Crippen molar-refractivity contribution in [2.75, 3.05) is 26.2 Å². The molecule has 0 unspecified atom stereocenters. The van der Waals surface area contributed by atoms with Crippen LogP contribution in [0.15, 0.2) is 27.1 Å². The van der Waals surface area contributed by atoms with E-state index in [4.69, 9.17) is 0 Å². The average molecular weight is 503 g/mol. The highest BCUT2D eigenvalue weighted by Gasteiger charge is 2.31. The molecule has 0 amide bonds. The van der Waals surface area contributed by atoms with E-state index in [9.17, 15) is 13.2 Å². The Kier molecular flexibility index (Phi) is 10.7. The zero-order valence-corrected chi connectivity index (χ0v) is 17.0. The molecule has 1 saturated heterocycles. The highest BCUT2D eigenvalue weighted by Crippen LogP contribution is 2.34. The van der Waals surface area contributed by atoms with Crippen molar-refractivity contribution in [1.82, 2.24) is 10.2 Å². The molecule has 1 aromatic rings. The summed E-state index contributed by atoms with van der Waals surface area (Å²) in [6, 6.07) is 5.49. The Bertz CT molecular complexity index is 484. The van der Waals surface area contributed by atoms with Gasteiger partial charge >= 0.3 is 6.18 Å². The van der Waals surface area contributed by atoms with Crippen LogP contribution < -0.4 is 5.32 Å². The van der Waals surface area contributed by atoms with E-state index in [0.717, 1.165) is 40.7 Å². The molecule has 1 atom stereocenters. The van der Waals surface area contributed by atoms with Gasteiger partial charge in [0.1, 0.15) is 0 Å². The lowest BCUT2D eigenvalue weighted by Gasteiger charge is -2.35. The lowest BCUT2D eigenvalue weighted by Crippen LogP contribution is -2.45. The molecule has 1 aromatic carbocycles. The molecule has 0 spiro atoms. The van der Waals surface area contributed by atoms with Crippen molar-refractivity contribution in [2.45, 2.75) is 25.1 Å². The van der Waals surface area contributed by atoms with Gasteiger partial charge in [-0.15, -0.1) is 24.8 Å². The molecule has 2 rings (SSSR count). The van der Waals surface area contributed by atoms with Crippen molar-refractivity contribution >= 4 is 56.7 Å². The zero-order chi connectivity index (χ0) is 15.5. The third kappa shape index (κ3) is 7.48. The number of hydrogen-bond donors (Lipinski definition) is 1. The SMILES string of the molecule is Cl.Cl.FC(F)(F)CC[C@@H](c1ccc(Br)c(Br)c1)N1CCNCC1. The number of alkyl halides is 3. The first-order valence-corrected chi connectivity index (χ1v) is 8.42. The van der Waals surface area contributed by atoms with Crippen LogP contribution in [0, 0.1) is 0 Å². The van der Waals surface area contributed by atoms with Crippen LogP contribution in [0.5, 0.6) is 0 Å². The Morgan fingerprint density at radius 3 is 2.22 bits per heavy atom. The van der Waals surface area contributed by atoms with Crippen LogP contribution in [0.4, 0.5) is 13.2 Å². The molecule has 23 heavy (non-hydrogen) atoms. The maximum Gasteiger partial charge on any atom is 0.389 e. The molecular weight excluding hydrogens is 484 g/mol. The smallest absolute Gasteiger partial charge is 0.314 e. The Morgan fingerprint density at radius 1 is 1.09 bits per heavy atom. The summed E-state index contributed by atoms with van der Waals surface area (Å²) in [7, 11) is 0. The number of piperazine rings is 1. The fraction of sp³-hybridized carbons (Fsp3) is 0.571. The number of halogens is 7. The average Bonchev–Trinajstić information content (AvgIpc) is 2.43. The minimum atomic E-state index is -4.11. The van der Waals surface area contributed by atoms with Crippen LogP contribution in [-0.4, -0.2) is 37.3 Å². The predicted molar refractivity (Wildman–Crippen MR) is 98.8 cm³/mol. The van der Waals surface area contributed by atoms with E-state index >= 15 is 0 Å². The Balaban J connectivity index is 0.00000242. The second kappa shape index (κ2) is 10.5. The summed E-state index contributed by atoms with van der Waals surface area (Å²) in [6.07, 6.45) is -4.77. The van der Waals surface area contributed by atoms with Gasteiger partial charge in [-0.05, 0) is 56.0 Å². The number of benzene rings is 1. The van der Waals surface area contributed by atoms with E-state index in [1.807, 2.05) is 18.2 Å².